The number of methoxy groups -OCH3 is 2. The van der Waals surface area contributed by atoms with E-state index in [1.807, 2.05) is 59.5 Å². The fourth-order valence-electron chi connectivity index (χ4n) is 4.29. The molecule has 0 saturated carbocycles. The van der Waals surface area contributed by atoms with Crippen LogP contribution in [0.1, 0.15) is 24.3 Å². The first-order valence-corrected chi connectivity index (χ1v) is 11.0. The molecule has 9 heteroatoms. The molecular formula is C26H33ClN4O4. The number of nitrogens with two attached hydrogens (primary N) is 1. The molecule has 1 aromatic heterocycles. The Morgan fingerprint density at radius 3 is 2.29 bits per heavy atom. The number of piperazine rings is 1. The van der Waals surface area contributed by atoms with Crippen molar-refractivity contribution < 1.29 is 19.7 Å². The van der Waals surface area contributed by atoms with E-state index in [1.165, 1.54) is 0 Å². The molecule has 4 rings (SSSR count). The smallest absolute Gasteiger partial charge is 0.272 e. The number of carbonyl (C=O) groups excluding carboxylic acids is 1. The molecule has 1 amide bonds. The summed E-state index contributed by atoms with van der Waals surface area (Å²) in [5.41, 5.74) is 9.70. The van der Waals surface area contributed by atoms with Gasteiger partial charge in [-0.05, 0) is 68.4 Å². The third kappa shape index (κ3) is 5.78. The molecule has 1 fully saturated rings. The highest BCUT2D eigenvalue weighted by atomic mass is 35.5. The van der Waals surface area contributed by atoms with Crippen molar-refractivity contribution in [3.63, 3.8) is 0 Å². The lowest BCUT2D eigenvalue weighted by atomic mass is 10.1. The molecule has 2 heterocycles. The average molecular weight is 501 g/mol. The molecule has 1 aliphatic rings. The zero-order valence-corrected chi connectivity index (χ0v) is 21.2. The molecule has 2 aromatic carbocycles. The van der Waals surface area contributed by atoms with Gasteiger partial charge in [-0.1, -0.05) is 6.07 Å². The van der Waals surface area contributed by atoms with Crippen molar-refractivity contribution in [2.24, 2.45) is 0 Å². The van der Waals surface area contributed by atoms with Crippen LogP contribution in [0.15, 0.2) is 60.7 Å². The lowest BCUT2D eigenvalue weighted by Crippen LogP contribution is -2.58. The Bertz CT molecular complexity index is 1140. The molecular weight excluding hydrogens is 468 g/mol. The summed E-state index contributed by atoms with van der Waals surface area (Å²) in [6.45, 7) is 5.57. The molecule has 4 N–H and O–H groups in total. The molecule has 0 bridgehead atoms. The summed E-state index contributed by atoms with van der Waals surface area (Å²) in [6.07, 6.45) is 0. The summed E-state index contributed by atoms with van der Waals surface area (Å²) in [7, 11) is 3.20. The van der Waals surface area contributed by atoms with E-state index in [1.54, 1.807) is 20.3 Å². The minimum atomic E-state index is -0.0615. The first-order chi connectivity index (χ1) is 15.9. The maximum Gasteiger partial charge on any atom is 0.272 e. The number of amides is 1. The predicted molar refractivity (Wildman–Crippen MR) is 142 cm³/mol. The highest BCUT2D eigenvalue weighted by molar-refractivity contribution is 5.93. The van der Waals surface area contributed by atoms with Gasteiger partial charge >= 0.3 is 0 Å². The van der Waals surface area contributed by atoms with Gasteiger partial charge in [0, 0.05) is 42.1 Å². The number of hydrogen-bond acceptors (Lipinski definition) is 6. The Morgan fingerprint density at radius 2 is 1.63 bits per heavy atom. The van der Waals surface area contributed by atoms with E-state index >= 15 is 0 Å². The van der Waals surface area contributed by atoms with Crippen molar-refractivity contribution >= 4 is 29.7 Å². The topological polar surface area (TPSA) is 112 Å². The van der Waals surface area contributed by atoms with Crippen LogP contribution in [0.25, 0.3) is 11.3 Å². The Morgan fingerprint density at radius 1 is 0.943 bits per heavy atom. The van der Waals surface area contributed by atoms with Gasteiger partial charge in [0.05, 0.1) is 19.9 Å². The summed E-state index contributed by atoms with van der Waals surface area (Å²) in [4.78, 5) is 22.4. The van der Waals surface area contributed by atoms with Crippen LogP contribution in [-0.4, -0.2) is 60.7 Å². The second kappa shape index (κ2) is 11.8. The van der Waals surface area contributed by atoms with Crippen LogP contribution < -0.4 is 20.1 Å². The normalized spacial score (nSPS) is 17.1. The fraction of sp³-hybridized carbons (Fsp3) is 0.308. The second-order valence-corrected chi connectivity index (χ2v) is 8.38. The van der Waals surface area contributed by atoms with Gasteiger partial charge in [0.2, 0.25) is 0 Å². The molecule has 2 unspecified atom stereocenters. The van der Waals surface area contributed by atoms with Gasteiger partial charge in [0.1, 0.15) is 5.69 Å². The zero-order valence-electron chi connectivity index (χ0n) is 20.4. The number of aromatic nitrogens is 1. The van der Waals surface area contributed by atoms with E-state index in [2.05, 4.69) is 23.7 Å². The molecule has 1 aliphatic heterocycles. The lowest BCUT2D eigenvalue weighted by Gasteiger charge is -2.45. The van der Waals surface area contributed by atoms with E-state index < -0.39 is 0 Å². The van der Waals surface area contributed by atoms with Crippen LogP contribution in [0.5, 0.6) is 11.5 Å². The van der Waals surface area contributed by atoms with Gasteiger partial charge in [-0.25, -0.2) is 4.98 Å². The number of carbonyl (C=O) groups is 1. The lowest BCUT2D eigenvalue weighted by molar-refractivity contribution is 0.0639. The van der Waals surface area contributed by atoms with E-state index in [0.717, 1.165) is 23.5 Å². The number of nitrogens with zero attached hydrogens (tertiary/aromatic N) is 3. The average Bonchev–Trinajstić information content (AvgIpc) is 2.85. The number of pyridine rings is 1. The molecule has 0 aliphatic carbocycles. The number of hydrogen-bond donors (Lipinski definition) is 1. The van der Waals surface area contributed by atoms with Gasteiger partial charge < -0.3 is 30.5 Å². The first kappa shape index (κ1) is 27.8. The fourth-order valence-corrected chi connectivity index (χ4v) is 4.29. The van der Waals surface area contributed by atoms with Gasteiger partial charge in [-0.3, -0.25) is 4.79 Å². The molecule has 1 saturated heterocycles. The van der Waals surface area contributed by atoms with E-state index in [-0.39, 0.29) is 35.9 Å². The second-order valence-electron chi connectivity index (χ2n) is 8.38. The van der Waals surface area contributed by atoms with Crippen LogP contribution >= 0.6 is 12.4 Å². The van der Waals surface area contributed by atoms with Crippen LogP contribution in [0, 0.1) is 0 Å². The Kier molecular flexibility index (Phi) is 9.33. The van der Waals surface area contributed by atoms with Gasteiger partial charge in [-0.2, -0.15) is 0 Å². The molecule has 3 aromatic rings. The quantitative estimate of drug-likeness (QED) is 0.535. The Hall–Kier alpha value is -3.49. The maximum absolute atomic E-state index is 13.4. The van der Waals surface area contributed by atoms with E-state index in [9.17, 15) is 4.79 Å². The monoisotopic (exact) mass is 500 g/mol. The number of nitrogen functional groups attached to an aromatic ring is 1. The van der Waals surface area contributed by atoms with Crippen molar-refractivity contribution in [3.8, 4) is 22.8 Å². The number of rotatable bonds is 5. The Labute approximate surface area is 212 Å². The Balaban J connectivity index is 0.00000216. The summed E-state index contributed by atoms with van der Waals surface area (Å²) < 4.78 is 10.7. The highest BCUT2D eigenvalue weighted by Gasteiger charge is 2.33. The third-order valence-electron chi connectivity index (χ3n) is 6.12. The zero-order chi connectivity index (χ0) is 23.5. The van der Waals surface area contributed by atoms with Crippen molar-refractivity contribution in [2.45, 2.75) is 25.9 Å². The molecule has 35 heavy (non-hydrogen) atoms. The minimum Gasteiger partial charge on any atom is -0.493 e. The van der Waals surface area contributed by atoms with Crippen molar-refractivity contribution in [2.75, 3.05) is 37.9 Å². The summed E-state index contributed by atoms with van der Waals surface area (Å²) in [5.74, 6) is 1.21. The standard InChI is InChI=1S/C26H30N4O3.ClH.H2O/c1-17-16-30(18(2)15-29(17)21-11-9-20(27)10-12-21)26(31)23-7-5-6-22(28-23)19-8-13-24(32-3)25(14-19)33-4;;/h5-14,17-18H,15-16,27H2,1-4H3;1H;1H2. The third-order valence-corrected chi connectivity index (χ3v) is 6.12. The van der Waals surface area contributed by atoms with Gasteiger partial charge in [0.15, 0.2) is 11.5 Å². The number of ether oxygens (including phenoxy) is 2. The molecule has 188 valence electrons. The minimum absolute atomic E-state index is 0. The number of halogens is 1. The van der Waals surface area contributed by atoms with Gasteiger partial charge in [0.25, 0.3) is 5.91 Å². The number of anilines is 2. The van der Waals surface area contributed by atoms with Crippen LogP contribution in [-0.2, 0) is 0 Å². The van der Waals surface area contributed by atoms with E-state index in [4.69, 9.17) is 15.2 Å². The van der Waals surface area contributed by atoms with Crippen molar-refractivity contribution in [3.05, 3.63) is 66.4 Å². The summed E-state index contributed by atoms with van der Waals surface area (Å²) in [6, 6.07) is 19.2. The van der Waals surface area contributed by atoms with Gasteiger partial charge in [-0.15, -0.1) is 12.4 Å². The maximum atomic E-state index is 13.4. The van der Waals surface area contributed by atoms with Crippen molar-refractivity contribution in [1.82, 2.24) is 9.88 Å². The predicted octanol–water partition coefficient (Wildman–Crippen LogP) is 3.68. The van der Waals surface area contributed by atoms with E-state index in [0.29, 0.717) is 29.4 Å². The van der Waals surface area contributed by atoms with Crippen molar-refractivity contribution in [1.29, 1.82) is 0 Å². The first-order valence-electron chi connectivity index (χ1n) is 11.0. The van der Waals surface area contributed by atoms with Crippen LogP contribution in [0.2, 0.25) is 0 Å². The number of benzene rings is 2. The summed E-state index contributed by atoms with van der Waals surface area (Å²) >= 11 is 0. The summed E-state index contributed by atoms with van der Waals surface area (Å²) in [5, 5.41) is 0. The largest absolute Gasteiger partial charge is 0.493 e. The highest BCUT2D eigenvalue weighted by Crippen LogP contribution is 2.32. The molecule has 2 atom stereocenters. The SMILES string of the molecule is COc1ccc(-c2cccc(C(=O)N3CC(C)N(c4ccc(N)cc4)CC3C)n2)cc1OC.Cl.O. The molecule has 0 radical (unpaired) electrons. The molecule has 8 nitrogen and oxygen atoms in total. The van der Waals surface area contributed by atoms with Crippen LogP contribution in [0.3, 0.4) is 0 Å². The van der Waals surface area contributed by atoms with Crippen LogP contribution in [0.4, 0.5) is 11.4 Å². The molecule has 0 spiro atoms.